The maximum Gasteiger partial charge on any atom is 0.188 e. The van der Waals surface area contributed by atoms with E-state index >= 15 is 0 Å². The van der Waals surface area contributed by atoms with E-state index in [2.05, 4.69) is 0 Å². The van der Waals surface area contributed by atoms with Crippen molar-refractivity contribution in [1.29, 1.82) is 0 Å². The molecule has 244 valence electrons. The summed E-state index contributed by atoms with van der Waals surface area (Å²) in [5.74, 6) is 2.20. The van der Waals surface area contributed by atoms with E-state index in [4.69, 9.17) is 66.3 Å². The SMILES string of the molecule is COCOc1cc(OCOC)c(C[C@H](OCOC)[C@@H](OCOC)c2ccc(OCOC)c(OCOC)c2)c(OCOC)c1. The lowest BCUT2D eigenvalue weighted by atomic mass is 9.96. The number of rotatable bonds is 25. The molecule has 0 aliphatic rings. The van der Waals surface area contributed by atoms with Crippen LogP contribution in [0.25, 0.3) is 0 Å². The molecule has 0 radical (unpaired) electrons. The molecule has 0 saturated carbocycles. The second kappa shape index (κ2) is 21.7. The Morgan fingerprint density at radius 1 is 0.465 bits per heavy atom. The first-order valence-corrected chi connectivity index (χ1v) is 13.2. The lowest BCUT2D eigenvalue weighted by Crippen LogP contribution is -2.29. The molecule has 0 unspecified atom stereocenters. The molecular weight excluding hydrogens is 572 g/mol. The average Bonchev–Trinajstić information content (AvgIpc) is 3.03. The van der Waals surface area contributed by atoms with Gasteiger partial charge in [0.15, 0.2) is 45.5 Å². The van der Waals surface area contributed by atoms with Crippen LogP contribution in [0.5, 0.6) is 28.7 Å². The van der Waals surface area contributed by atoms with Gasteiger partial charge in [0, 0.05) is 73.9 Å². The fraction of sp³-hybridized carbons (Fsp3) is 0.586. The smallest absolute Gasteiger partial charge is 0.188 e. The van der Waals surface area contributed by atoms with E-state index in [0.717, 1.165) is 0 Å². The normalized spacial score (nSPS) is 12.5. The maximum atomic E-state index is 6.19. The molecule has 14 nitrogen and oxygen atoms in total. The van der Waals surface area contributed by atoms with E-state index in [1.54, 1.807) is 24.3 Å². The molecule has 2 aromatic carbocycles. The highest BCUT2D eigenvalue weighted by molar-refractivity contribution is 5.51. The molecule has 0 aromatic heterocycles. The number of methoxy groups -OCH3 is 7. The van der Waals surface area contributed by atoms with Crippen LogP contribution in [0.2, 0.25) is 0 Å². The van der Waals surface area contributed by atoms with E-state index in [1.165, 1.54) is 49.8 Å². The quantitative estimate of drug-likeness (QED) is 0.151. The zero-order valence-electron chi connectivity index (χ0n) is 25.9. The lowest BCUT2D eigenvalue weighted by Gasteiger charge is -2.29. The number of benzene rings is 2. The van der Waals surface area contributed by atoms with Gasteiger partial charge in [0.1, 0.15) is 36.9 Å². The van der Waals surface area contributed by atoms with Gasteiger partial charge >= 0.3 is 0 Å². The van der Waals surface area contributed by atoms with Gasteiger partial charge in [0.05, 0.1) is 6.10 Å². The van der Waals surface area contributed by atoms with Gasteiger partial charge < -0.3 is 66.3 Å². The highest BCUT2D eigenvalue weighted by Gasteiger charge is 2.30. The van der Waals surface area contributed by atoms with Crippen LogP contribution in [-0.4, -0.2) is 103 Å². The third-order valence-corrected chi connectivity index (χ3v) is 5.62. The van der Waals surface area contributed by atoms with Gasteiger partial charge in [-0.25, -0.2) is 0 Å². The molecular formula is C29H44O14. The average molecular weight is 617 g/mol. The highest BCUT2D eigenvalue weighted by atomic mass is 16.7. The number of ether oxygens (including phenoxy) is 14. The molecule has 2 atom stereocenters. The van der Waals surface area contributed by atoms with Gasteiger partial charge in [-0.3, -0.25) is 0 Å². The van der Waals surface area contributed by atoms with Gasteiger partial charge in [0.2, 0.25) is 0 Å². The Hall–Kier alpha value is -2.92. The van der Waals surface area contributed by atoms with Gasteiger partial charge in [-0.1, -0.05) is 6.07 Å². The summed E-state index contributed by atoms with van der Waals surface area (Å²) in [7, 11) is 10.7. The molecule has 0 bridgehead atoms. The van der Waals surface area contributed by atoms with Crippen LogP contribution < -0.4 is 23.7 Å². The van der Waals surface area contributed by atoms with Crippen molar-refractivity contribution in [2.24, 2.45) is 0 Å². The van der Waals surface area contributed by atoms with Crippen molar-refractivity contribution in [3.8, 4) is 28.7 Å². The van der Waals surface area contributed by atoms with Crippen molar-refractivity contribution < 1.29 is 66.3 Å². The van der Waals surface area contributed by atoms with Gasteiger partial charge in [-0.2, -0.15) is 0 Å². The van der Waals surface area contributed by atoms with Crippen molar-refractivity contribution in [2.75, 3.05) is 97.3 Å². The predicted molar refractivity (Wildman–Crippen MR) is 152 cm³/mol. The van der Waals surface area contributed by atoms with Crippen LogP contribution >= 0.6 is 0 Å². The first-order valence-electron chi connectivity index (χ1n) is 13.2. The van der Waals surface area contributed by atoms with E-state index in [9.17, 15) is 0 Å². The maximum absolute atomic E-state index is 6.19. The Labute approximate surface area is 252 Å². The third-order valence-electron chi connectivity index (χ3n) is 5.62. The van der Waals surface area contributed by atoms with Crippen molar-refractivity contribution in [2.45, 2.75) is 18.6 Å². The molecule has 14 heteroatoms. The van der Waals surface area contributed by atoms with Crippen molar-refractivity contribution >= 4 is 0 Å². The van der Waals surface area contributed by atoms with Crippen LogP contribution in [-0.2, 0) is 49.1 Å². The van der Waals surface area contributed by atoms with Crippen LogP contribution in [0, 0.1) is 0 Å². The van der Waals surface area contributed by atoms with E-state index in [0.29, 0.717) is 39.9 Å². The van der Waals surface area contributed by atoms with E-state index in [-0.39, 0.29) is 54.0 Å². The predicted octanol–water partition coefficient (Wildman–Crippen LogP) is 3.49. The molecule has 43 heavy (non-hydrogen) atoms. The fourth-order valence-corrected chi connectivity index (χ4v) is 3.86. The molecule has 0 amide bonds. The minimum absolute atomic E-state index is 0.00210. The molecule has 0 heterocycles. The molecule has 2 rings (SSSR count). The molecule has 0 N–H and O–H groups in total. The highest BCUT2D eigenvalue weighted by Crippen LogP contribution is 2.40. The molecule has 0 saturated heterocycles. The fourth-order valence-electron chi connectivity index (χ4n) is 3.86. The number of hydrogen-bond acceptors (Lipinski definition) is 14. The molecule has 0 fully saturated rings. The summed E-state index contributed by atoms with van der Waals surface area (Å²) in [6.07, 6.45) is -1.11. The number of hydrogen-bond donors (Lipinski definition) is 0. The van der Waals surface area contributed by atoms with Crippen molar-refractivity contribution in [1.82, 2.24) is 0 Å². The van der Waals surface area contributed by atoms with Crippen LogP contribution in [0.3, 0.4) is 0 Å². The van der Waals surface area contributed by atoms with Gasteiger partial charge in [-0.15, -0.1) is 0 Å². The van der Waals surface area contributed by atoms with Gasteiger partial charge in [0.25, 0.3) is 0 Å². The summed E-state index contributed by atoms with van der Waals surface area (Å²) in [6.45, 7) is -0.0601. The Morgan fingerprint density at radius 3 is 1.47 bits per heavy atom. The Morgan fingerprint density at radius 2 is 0.930 bits per heavy atom. The topological polar surface area (TPSA) is 129 Å². The Kier molecular flexibility index (Phi) is 18.3. The largest absolute Gasteiger partial charge is 0.467 e. The minimum Gasteiger partial charge on any atom is -0.467 e. The van der Waals surface area contributed by atoms with Crippen LogP contribution in [0.15, 0.2) is 30.3 Å². The van der Waals surface area contributed by atoms with Crippen LogP contribution in [0.1, 0.15) is 17.2 Å². The summed E-state index contributed by atoms with van der Waals surface area (Å²) >= 11 is 0. The summed E-state index contributed by atoms with van der Waals surface area (Å²) < 4.78 is 77.5. The lowest BCUT2D eigenvalue weighted by molar-refractivity contribution is -0.159. The first kappa shape index (κ1) is 36.3. The Balaban J connectivity index is 2.62. The summed E-state index contributed by atoms with van der Waals surface area (Å²) in [4.78, 5) is 0. The zero-order chi connectivity index (χ0) is 31.3. The second-order valence-electron chi connectivity index (χ2n) is 8.67. The van der Waals surface area contributed by atoms with Gasteiger partial charge in [-0.05, 0) is 17.7 Å². The third kappa shape index (κ3) is 12.3. The molecule has 2 aromatic rings. The monoisotopic (exact) mass is 616 g/mol. The zero-order valence-corrected chi connectivity index (χ0v) is 25.9. The minimum atomic E-state index is -0.688. The van der Waals surface area contributed by atoms with E-state index < -0.39 is 12.2 Å². The molecule has 0 aliphatic carbocycles. The summed E-state index contributed by atoms with van der Waals surface area (Å²) in [5, 5.41) is 0. The van der Waals surface area contributed by atoms with Crippen molar-refractivity contribution in [3.05, 3.63) is 41.5 Å². The van der Waals surface area contributed by atoms with Crippen molar-refractivity contribution in [3.63, 3.8) is 0 Å². The molecule has 0 spiro atoms. The standard InChI is InChI=1S/C29H44O14/c1-30-14-37-22-11-25(39-16-32-3)23(26(12-22)40-17-33-4)13-28(42-19-35-6)29(43-20-36-7)21-8-9-24(38-15-31-2)27(10-21)41-18-34-5/h8-12,28-29H,13-20H2,1-7H3/t28-,29-/m0/s1. The van der Waals surface area contributed by atoms with Crippen LogP contribution in [0.4, 0.5) is 0 Å². The summed E-state index contributed by atoms with van der Waals surface area (Å²) in [5.41, 5.74) is 1.34. The van der Waals surface area contributed by atoms with E-state index in [1.807, 2.05) is 6.07 Å². The molecule has 0 aliphatic heterocycles. The first-order chi connectivity index (χ1) is 21.1. The summed E-state index contributed by atoms with van der Waals surface area (Å²) in [6, 6.07) is 8.78. The Bertz CT molecular complexity index is 992. The second-order valence-corrected chi connectivity index (χ2v) is 8.67.